The molecule has 0 bridgehead atoms. The number of nitrogens with zero attached hydrogens (tertiary/aromatic N) is 3. The molecule has 0 aromatic carbocycles. The van der Waals surface area contributed by atoms with E-state index in [9.17, 15) is 0 Å². The van der Waals surface area contributed by atoms with Crippen LogP contribution in [0.1, 0.15) is 17.1 Å². The van der Waals surface area contributed by atoms with Crippen molar-refractivity contribution in [3.8, 4) is 0 Å². The van der Waals surface area contributed by atoms with E-state index in [0.717, 1.165) is 17.1 Å². The third-order valence-electron chi connectivity index (χ3n) is 3.04. The van der Waals surface area contributed by atoms with E-state index in [-0.39, 0.29) is 4.25 Å². The second kappa shape index (κ2) is 3.88. The second-order valence-electron chi connectivity index (χ2n) is 4.00. The molecule has 0 saturated heterocycles. The number of hydrogen-bond acceptors (Lipinski definition) is 3. The average molecular weight is 289 g/mol. The molecular weight excluding hydrogens is 277 g/mol. The first-order valence-corrected chi connectivity index (χ1v) is 7.42. The molecule has 0 spiro atoms. The van der Waals surface area contributed by atoms with Gasteiger partial charge in [-0.2, -0.15) is 0 Å². The van der Waals surface area contributed by atoms with E-state index in [1.807, 2.05) is 36.8 Å². The number of aromatic nitrogens is 6. The fraction of sp³-hybridized carbons (Fsp3) is 0.100. The number of rotatable bonds is 3. The van der Waals surface area contributed by atoms with Crippen molar-refractivity contribution in [2.24, 2.45) is 0 Å². The SMILES string of the molecule is [GeH3][C](c1cc[nH]n1)(c1cc[nH]n1)c1cc[nH]n1. The zero-order valence-electron chi connectivity index (χ0n) is 9.31. The van der Waals surface area contributed by atoms with Gasteiger partial charge in [-0.15, -0.1) is 0 Å². The van der Waals surface area contributed by atoms with E-state index in [1.165, 1.54) is 0 Å². The predicted octanol–water partition coefficient (Wildman–Crippen LogP) is -0.487. The van der Waals surface area contributed by atoms with Crippen molar-refractivity contribution < 1.29 is 0 Å². The average Bonchev–Trinajstić information content (AvgIpc) is 3.10. The Morgan fingerprint density at radius 3 is 1.35 bits per heavy atom. The van der Waals surface area contributed by atoms with Gasteiger partial charge in [0.05, 0.1) is 0 Å². The van der Waals surface area contributed by atoms with E-state index < -0.39 is 0 Å². The van der Waals surface area contributed by atoms with Crippen LogP contribution in [-0.2, 0) is 4.25 Å². The van der Waals surface area contributed by atoms with Crippen molar-refractivity contribution in [2.75, 3.05) is 0 Å². The molecule has 3 aromatic heterocycles. The molecule has 0 aliphatic heterocycles. The van der Waals surface area contributed by atoms with Gasteiger partial charge in [-0.05, 0) is 0 Å². The molecule has 7 heteroatoms. The maximum absolute atomic E-state index is 4.31. The summed E-state index contributed by atoms with van der Waals surface area (Å²) in [5.41, 5.74) is 2.91. The van der Waals surface area contributed by atoms with E-state index in [4.69, 9.17) is 0 Å². The van der Waals surface area contributed by atoms with Crippen molar-refractivity contribution in [3.05, 3.63) is 53.9 Å². The van der Waals surface area contributed by atoms with E-state index in [2.05, 4.69) is 30.6 Å². The van der Waals surface area contributed by atoms with Crippen LogP contribution in [0.5, 0.6) is 0 Å². The van der Waals surface area contributed by atoms with Crippen LogP contribution < -0.4 is 0 Å². The molecule has 17 heavy (non-hydrogen) atoms. The minimum absolute atomic E-state index is 0.271. The van der Waals surface area contributed by atoms with Gasteiger partial charge in [0, 0.05) is 0 Å². The molecule has 0 unspecified atom stereocenters. The molecule has 0 radical (unpaired) electrons. The molecule has 86 valence electrons. The van der Waals surface area contributed by atoms with E-state index in [0.29, 0.717) is 16.5 Å². The first-order valence-electron chi connectivity index (χ1n) is 5.32. The van der Waals surface area contributed by atoms with Crippen LogP contribution in [0.15, 0.2) is 36.8 Å². The number of H-pyrrole nitrogens is 3. The maximum atomic E-state index is 4.31. The van der Waals surface area contributed by atoms with Gasteiger partial charge in [0.25, 0.3) is 0 Å². The van der Waals surface area contributed by atoms with E-state index in [1.54, 1.807) is 0 Å². The number of aromatic amines is 3. The van der Waals surface area contributed by atoms with Crippen LogP contribution in [-0.4, -0.2) is 47.1 Å². The van der Waals surface area contributed by atoms with Crippen LogP contribution in [0.25, 0.3) is 0 Å². The van der Waals surface area contributed by atoms with Crippen LogP contribution in [0.2, 0.25) is 0 Å². The topological polar surface area (TPSA) is 86.0 Å². The van der Waals surface area contributed by atoms with Crippen molar-refractivity contribution >= 4 is 16.5 Å². The molecule has 3 N–H and O–H groups in total. The molecule has 0 atom stereocenters. The van der Waals surface area contributed by atoms with Crippen molar-refractivity contribution in [3.63, 3.8) is 0 Å². The molecule has 3 heterocycles. The Morgan fingerprint density at radius 1 is 0.765 bits per heavy atom. The molecule has 3 rings (SSSR count). The zero-order chi connectivity index (χ0) is 11.7. The van der Waals surface area contributed by atoms with Crippen molar-refractivity contribution in [1.29, 1.82) is 0 Å². The van der Waals surface area contributed by atoms with Crippen molar-refractivity contribution in [2.45, 2.75) is 4.25 Å². The molecule has 0 aliphatic carbocycles. The molecule has 0 saturated carbocycles. The summed E-state index contributed by atoms with van der Waals surface area (Å²) >= 11 is 0.402. The Kier molecular flexibility index (Phi) is 2.36. The van der Waals surface area contributed by atoms with Crippen molar-refractivity contribution in [1.82, 2.24) is 30.6 Å². The summed E-state index contributed by atoms with van der Waals surface area (Å²) < 4.78 is -0.271. The van der Waals surface area contributed by atoms with Crippen LogP contribution >= 0.6 is 0 Å². The Morgan fingerprint density at radius 2 is 1.12 bits per heavy atom. The third kappa shape index (κ3) is 1.52. The van der Waals surface area contributed by atoms with Gasteiger partial charge in [-0.25, -0.2) is 0 Å². The zero-order valence-corrected chi connectivity index (χ0v) is 13.5. The fourth-order valence-corrected chi connectivity index (χ4v) is 3.76. The van der Waals surface area contributed by atoms with Crippen LogP contribution in [0.3, 0.4) is 0 Å². The summed E-state index contributed by atoms with van der Waals surface area (Å²) in [6.07, 6.45) is 5.49. The summed E-state index contributed by atoms with van der Waals surface area (Å²) in [6, 6.07) is 5.94. The molecule has 0 amide bonds. The predicted molar refractivity (Wildman–Crippen MR) is 65.6 cm³/mol. The first kappa shape index (κ1) is 10.3. The Labute approximate surface area is 105 Å². The minimum atomic E-state index is -0.271. The Hall–Kier alpha value is -1.83. The number of nitrogens with one attached hydrogen (secondary N) is 3. The van der Waals surface area contributed by atoms with Gasteiger partial charge < -0.3 is 0 Å². The third-order valence-corrected chi connectivity index (χ3v) is 6.26. The number of hydrogen-bond donors (Lipinski definition) is 3. The van der Waals surface area contributed by atoms with Crippen LogP contribution in [0.4, 0.5) is 0 Å². The molecule has 6 nitrogen and oxygen atoms in total. The second-order valence-corrected chi connectivity index (χ2v) is 7.15. The molecule has 3 aromatic rings. The summed E-state index contributed by atoms with van der Waals surface area (Å²) in [5, 5.41) is 21.5. The summed E-state index contributed by atoms with van der Waals surface area (Å²) in [5.74, 6) is 0. The van der Waals surface area contributed by atoms with Crippen LogP contribution in [0, 0.1) is 0 Å². The van der Waals surface area contributed by atoms with Gasteiger partial charge in [0.2, 0.25) is 0 Å². The normalized spacial score (nSPS) is 12.0. The molecule has 0 fully saturated rings. The van der Waals surface area contributed by atoms with Gasteiger partial charge in [-0.3, -0.25) is 0 Å². The Balaban J connectivity index is 2.21. The first-order chi connectivity index (χ1) is 8.32. The monoisotopic (exact) mass is 290 g/mol. The van der Waals surface area contributed by atoms with Gasteiger partial charge in [0.15, 0.2) is 0 Å². The summed E-state index contributed by atoms with van der Waals surface area (Å²) in [4.78, 5) is 0. The molecular formula is C10H12GeN6. The standard InChI is InChI=1S/C10H12GeN6/c11-10(7-1-4-12-15-7,8-2-5-13-16-8)9-3-6-14-17-9/h1-6H,11H3,(H,12,15)(H,13,16)(H,14,17). The van der Waals surface area contributed by atoms with E-state index >= 15 is 0 Å². The van der Waals surface area contributed by atoms with Gasteiger partial charge >= 0.3 is 105 Å². The quantitative estimate of drug-likeness (QED) is 0.569. The molecule has 0 aliphatic rings. The van der Waals surface area contributed by atoms with Gasteiger partial charge in [0.1, 0.15) is 0 Å². The van der Waals surface area contributed by atoms with Gasteiger partial charge in [-0.1, -0.05) is 0 Å². The summed E-state index contributed by atoms with van der Waals surface area (Å²) in [6.45, 7) is 0. The fourth-order valence-electron chi connectivity index (χ4n) is 2.01. The summed E-state index contributed by atoms with van der Waals surface area (Å²) in [7, 11) is 0. The Bertz CT molecular complexity index is 484.